The standard InChI is InChI=1S/C11H8F3NO3/c12-11(13,14)10(9(16)17)6-18-8(15-10)7-4-2-1-3-5-7/h1-5H,6H2,(H,16,17). The molecule has 0 radical (unpaired) electrons. The Labute approximate surface area is 99.7 Å². The van der Waals surface area contributed by atoms with E-state index in [0.717, 1.165) is 0 Å². The summed E-state index contributed by atoms with van der Waals surface area (Å²) in [6.45, 7) is -1.05. The smallest absolute Gasteiger partial charge is 0.428 e. The average molecular weight is 259 g/mol. The summed E-state index contributed by atoms with van der Waals surface area (Å²) in [6, 6.07) is 7.85. The van der Waals surface area contributed by atoms with Crippen LogP contribution in [0, 0.1) is 0 Å². The Hall–Kier alpha value is -2.05. The zero-order chi connectivity index (χ0) is 13.4. The van der Waals surface area contributed by atoms with Crippen LogP contribution >= 0.6 is 0 Å². The number of rotatable bonds is 2. The van der Waals surface area contributed by atoms with Gasteiger partial charge in [0.05, 0.1) is 0 Å². The van der Waals surface area contributed by atoms with Crippen molar-refractivity contribution in [1.29, 1.82) is 0 Å². The van der Waals surface area contributed by atoms with Gasteiger partial charge in [-0.15, -0.1) is 0 Å². The molecule has 1 aromatic rings. The highest BCUT2D eigenvalue weighted by molar-refractivity contribution is 5.99. The quantitative estimate of drug-likeness (QED) is 0.881. The van der Waals surface area contributed by atoms with Crippen LogP contribution in [0.15, 0.2) is 35.3 Å². The molecule has 0 bridgehead atoms. The van der Waals surface area contributed by atoms with Crippen LogP contribution in [0.4, 0.5) is 13.2 Å². The Bertz CT molecular complexity index is 498. The lowest BCUT2D eigenvalue weighted by atomic mass is 10.0. The Morgan fingerprint density at radius 2 is 1.94 bits per heavy atom. The van der Waals surface area contributed by atoms with Crippen molar-refractivity contribution < 1.29 is 27.8 Å². The predicted octanol–water partition coefficient (Wildman–Crippen LogP) is 1.85. The summed E-state index contributed by atoms with van der Waals surface area (Å²) >= 11 is 0. The van der Waals surface area contributed by atoms with Gasteiger partial charge in [0, 0.05) is 5.56 Å². The second-order valence-electron chi connectivity index (χ2n) is 3.73. The SMILES string of the molecule is O=C(O)C1(C(F)(F)F)COC(c2ccccc2)=N1. The third-order valence-electron chi connectivity index (χ3n) is 2.55. The molecule has 0 spiro atoms. The fourth-order valence-corrected chi connectivity index (χ4v) is 1.52. The number of aliphatic imine (C=N–C) groups is 1. The van der Waals surface area contributed by atoms with Gasteiger partial charge in [-0.2, -0.15) is 13.2 Å². The van der Waals surface area contributed by atoms with Crippen molar-refractivity contribution in [3.05, 3.63) is 35.9 Å². The fourth-order valence-electron chi connectivity index (χ4n) is 1.52. The molecule has 0 saturated carbocycles. The van der Waals surface area contributed by atoms with Crippen molar-refractivity contribution in [2.75, 3.05) is 6.61 Å². The predicted molar refractivity (Wildman–Crippen MR) is 55.4 cm³/mol. The summed E-state index contributed by atoms with van der Waals surface area (Å²) in [5.41, 5.74) is -2.90. The fraction of sp³-hybridized carbons (Fsp3) is 0.273. The molecule has 0 aromatic heterocycles. The molecule has 1 aliphatic heterocycles. The van der Waals surface area contributed by atoms with Gasteiger partial charge in [0.1, 0.15) is 6.61 Å². The van der Waals surface area contributed by atoms with E-state index in [1.807, 2.05) is 0 Å². The Kier molecular flexibility index (Phi) is 2.76. The highest BCUT2D eigenvalue weighted by atomic mass is 19.4. The number of aliphatic carboxylic acids is 1. The molecule has 0 fully saturated rings. The molecule has 1 atom stereocenters. The van der Waals surface area contributed by atoms with Crippen molar-refractivity contribution in [2.24, 2.45) is 4.99 Å². The lowest BCUT2D eigenvalue weighted by molar-refractivity contribution is -0.202. The highest BCUT2D eigenvalue weighted by Crippen LogP contribution is 2.38. The molecule has 7 heteroatoms. The number of carboxylic acids is 1. The second-order valence-corrected chi connectivity index (χ2v) is 3.73. The van der Waals surface area contributed by atoms with Gasteiger partial charge in [-0.1, -0.05) is 18.2 Å². The van der Waals surface area contributed by atoms with E-state index < -0.39 is 24.3 Å². The Morgan fingerprint density at radius 3 is 2.39 bits per heavy atom. The number of ether oxygens (including phenoxy) is 1. The average Bonchev–Trinajstić information content (AvgIpc) is 2.75. The van der Waals surface area contributed by atoms with Crippen LogP contribution in [-0.4, -0.2) is 35.3 Å². The lowest BCUT2D eigenvalue weighted by Gasteiger charge is -2.21. The molecule has 1 aromatic carbocycles. The third-order valence-corrected chi connectivity index (χ3v) is 2.55. The zero-order valence-electron chi connectivity index (χ0n) is 8.94. The first-order valence-electron chi connectivity index (χ1n) is 4.95. The molecule has 96 valence electrons. The first-order chi connectivity index (χ1) is 8.37. The van der Waals surface area contributed by atoms with E-state index in [2.05, 4.69) is 4.99 Å². The van der Waals surface area contributed by atoms with Crippen LogP contribution in [0.3, 0.4) is 0 Å². The minimum absolute atomic E-state index is 0.310. The van der Waals surface area contributed by atoms with Gasteiger partial charge in [0.15, 0.2) is 0 Å². The summed E-state index contributed by atoms with van der Waals surface area (Å²) in [6.07, 6.45) is -5.00. The van der Waals surface area contributed by atoms with Crippen LogP contribution < -0.4 is 0 Å². The summed E-state index contributed by atoms with van der Waals surface area (Å²) < 4.78 is 43.2. The summed E-state index contributed by atoms with van der Waals surface area (Å²) in [5.74, 6) is -2.38. The van der Waals surface area contributed by atoms with Gasteiger partial charge >= 0.3 is 12.1 Å². The molecular formula is C11H8F3NO3. The number of carbonyl (C=O) groups is 1. The molecule has 1 N–H and O–H groups in total. The maximum Gasteiger partial charge on any atom is 0.428 e. The first kappa shape index (κ1) is 12.4. The molecule has 18 heavy (non-hydrogen) atoms. The minimum Gasteiger partial charge on any atom is -0.479 e. The van der Waals surface area contributed by atoms with Crippen LogP contribution in [0.1, 0.15) is 5.56 Å². The molecule has 4 nitrogen and oxygen atoms in total. The Morgan fingerprint density at radius 1 is 1.33 bits per heavy atom. The first-order valence-corrected chi connectivity index (χ1v) is 4.95. The molecule has 0 aliphatic carbocycles. The normalized spacial score (nSPS) is 23.4. The number of benzene rings is 1. The highest BCUT2D eigenvalue weighted by Gasteiger charge is 2.65. The summed E-state index contributed by atoms with van der Waals surface area (Å²) in [7, 11) is 0. The monoisotopic (exact) mass is 259 g/mol. The van der Waals surface area contributed by atoms with E-state index in [0.29, 0.717) is 5.56 Å². The number of hydrogen-bond acceptors (Lipinski definition) is 3. The molecule has 1 heterocycles. The van der Waals surface area contributed by atoms with E-state index in [1.165, 1.54) is 12.1 Å². The minimum atomic E-state index is -5.00. The topological polar surface area (TPSA) is 58.9 Å². The number of hydrogen-bond donors (Lipinski definition) is 1. The summed E-state index contributed by atoms with van der Waals surface area (Å²) in [4.78, 5) is 14.1. The maximum atomic E-state index is 12.8. The third kappa shape index (κ3) is 1.81. The van der Waals surface area contributed by atoms with Crippen molar-refractivity contribution >= 4 is 11.9 Å². The van der Waals surface area contributed by atoms with Gasteiger partial charge < -0.3 is 9.84 Å². The van der Waals surface area contributed by atoms with Crippen LogP contribution in [0.5, 0.6) is 0 Å². The van der Waals surface area contributed by atoms with Crippen molar-refractivity contribution in [3.63, 3.8) is 0 Å². The van der Waals surface area contributed by atoms with Crippen molar-refractivity contribution in [2.45, 2.75) is 11.7 Å². The van der Waals surface area contributed by atoms with Crippen LogP contribution in [0.25, 0.3) is 0 Å². The maximum absolute atomic E-state index is 12.8. The summed E-state index contributed by atoms with van der Waals surface area (Å²) in [5, 5.41) is 8.76. The van der Waals surface area contributed by atoms with E-state index in [9.17, 15) is 18.0 Å². The molecule has 1 unspecified atom stereocenters. The van der Waals surface area contributed by atoms with Gasteiger partial charge in [0.25, 0.3) is 5.54 Å². The largest absolute Gasteiger partial charge is 0.479 e. The van der Waals surface area contributed by atoms with Crippen molar-refractivity contribution in [1.82, 2.24) is 0 Å². The van der Waals surface area contributed by atoms with Gasteiger partial charge in [-0.05, 0) is 12.1 Å². The Balaban J connectivity index is 2.44. The van der Waals surface area contributed by atoms with Crippen LogP contribution in [-0.2, 0) is 9.53 Å². The number of nitrogens with zero attached hydrogens (tertiary/aromatic N) is 1. The molecule has 0 amide bonds. The lowest BCUT2D eigenvalue weighted by Crippen LogP contribution is -2.51. The number of halogens is 3. The number of alkyl halides is 3. The van der Waals surface area contributed by atoms with E-state index in [-0.39, 0.29) is 5.90 Å². The van der Waals surface area contributed by atoms with E-state index in [1.54, 1.807) is 18.2 Å². The van der Waals surface area contributed by atoms with E-state index in [4.69, 9.17) is 9.84 Å². The number of carboxylic acid groups (broad SMARTS) is 1. The second kappa shape index (κ2) is 4.01. The van der Waals surface area contributed by atoms with Crippen molar-refractivity contribution in [3.8, 4) is 0 Å². The van der Waals surface area contributed by atoms with Crippen LogP contribution in [0.2, 0.25) is 0 Å². The molecular weight excluding hydrogens is 251 g/mol. The van der Waals surface area contributed by atoms with E-state index >= 15 is 0 Å². The molecule has 0 saturated heterocycles. The van der Waals surface area contributed by atoms with Gasteiger partial charge in [-0.25, -0.2) is 9.79 Å². The van der Waals surface area contributed by atoms with Gasteiger partial charge in [-0.3, -0.25) is 0 Å². The molecule has 2 rings (SSSR count). The molecule has 1 aliphatic rings. The zero-order valence-corrected chi connectivity index (χ0v) is 8.94. The van der Waals surface area contributed by atoms with Gasteiger partial charge in [0.2, 0.25) is 5.90 Å².